The first kappa shape index (κ1) is 14.3. The highest BCUT2D eigenvalue weighted by Crippen LogP contribution is 2.51. The van der Waals surface area contributed by atoms with Gasteiger partial charge in [0.2, 0.25) is 5.96 Å². The molecule has 0 saturated carbocycles. The topological polar surface area (TPSA) is 67.6 Å². The van der Waals surface area contributed by atoms with E-state index >= 15 is 0 Å². The number of hydrazone groups is 1. The summed E-state index contributed by atoms with van der Waals surface area (Å²) in [4.78, 5) is 0. The van der Waals surface area contributed by atoms with Crippen LogP contribution in [0.1, 0.15) is 17.2 Å². The maximum absolute atomic E-state index is 6.32. The molecule has 0 spiro atoms. The van der Waals surface area contributed by atoms with Crippen molar-refractivity contribution < 1.29 is 0 Å². The third-order valence-electron chi connectivity index (χ3n) is 3.30. The van der Waals surface area contributed by atoms with Crippen molar-refractivity contribution >= 4 is 46.4 Å². The van der Waals surface area contributed by atoms with Crippen LogP contribution in [-0.2, 0) is 0 Å². The Bertz CT molecular complexity index is 741. The molecule has 4 N–H and O–H groups in total. The number of guanidine groups is 1. The first-order valence-electron chi connectivity index (χ1n) is 6.12. The van der Waals surface area contributed by atoms with E-state index in [1.165, 1.54) is 0 Å². The molecule has 0 aliphatic carbocycles. The predicted octanol–water partition coefficient (Wildman–Crippen LogP) is 3.74. The van der Waals surface area contributed by atoms with Gasteiger partial charge >= 0.3 is 0 Å². The van der Waals surface area contributed by atoms with Crippen molar-refractivity contribution in [2.45, 2.75) is 6.04 Å². The number of nitrogens with zero attached hydrogens (tertiary/aromatic N) is 2. The van der Waals surface area contributed by atoms with Crippen LogP contribution in [0.3, 0.4) is 0 Å². The molecule has 0 fully saturated rings. The van der Waals surface area contributed by atoms with E-state index in [0.717, 1.165) is 11.3 Å². The van der Waals surface area contributed by atoms with Crippen molar-refractivity contribution in [1.29, 1.82) is 0 Å². The second-order valence-corrected chi connectivity index (χ2v) is 5.78. The largest absolute Gasteiger partial charge is 0.369 e. The first-order valence-corrected chi connectivity index (χ1v) is 7.25. The maximum Gasteiger partial charge on any atom is 0.209 e. The normalized spacial score (nSPS) is 16.1. The van der Waals surface area contributed by atoms with E-state index in [4.69, 9.17) is 46.3 Å². The van der Waals surface area contributed by atoms with Gasteiger partial charge in [0, 0.05) is 16.1 Å². The van der Waals surface area contributed by atoms with Crippen LogP contribution in [0.15, 0.2) is 41.5 Å². The highest BCUT2D eigenvalue weighted by atomic mass is 35.5. The van der Waals surface area contributed by atoms with Crippen molar-refractivity contribution in [3.63, 3.8) is 0 Å². The Labute approximate surface area is 136 Å². The van der Waals surface area contributed by atoms with Gasteiger partial charge in [-0.25, -0.2) is 5.01 Å². The second kappa shape index (κ2) is 5.30. The molecular weight excluding hydrogens is 331 g/mol. The number of benzene rings is 2. The lowest BCUT2D eigenvalue weighted by atomic mass is 9.89. The molecule has 1 unspecified atom stereocenters. The molecule has 21 heavy (non-hydrogen) atoms. The molecule has 2 aromatic rings. The van der Waals surface area contributed by atoms with Crippen molar-refractivity contribution in [2.75, 3.05) is 5.01 Å². The highest BCUT2D eigenvalue weighted by molar-refractivity contribution is 6.44. The standard InChI is InChI=1S/C14H11Cl3N4/c15-8-5-6-9(16)12(17)11(8)13-7-3-1-2-4-10(7)21(13)20-14(18)19/h1-6,13H,(H4,18,19,20). The Morgan fingerprint density at radius 3 is 2.38 bits per heavy atom. The Kier molecular flexibility index (Phi) is 3.61. The number of anilines is 1. The molecule has 0 aromatic heterocycles. The number of hydrogen-bond donors (Lipinski definition) is 2. The summed E-state index contributed by atoms with van der Waals surface area (Å²) in [7, 11) is 0. The van der Waals surface area contributed by atoms with Gasteiger partial charge in [-0.05, 0) is 18.2 Å². The quantitative estimate of drug-likeness (QED) is 0.496. The van der Waals surface area contributed by atoms with E-state index in [1.54, 1.807) is 17.1 Å². The van der Waals surface area contributed by atoms with Crippen LogP contribution >= 0.6 is 34.8 Å². The minimum Gasteiger partial charge on any atom is -0.369 e. The number of rotatable bonds is 2. The van der Waals surface area contributed by atoms with Gasteiger partial charge in [-0.15, -0.1) is 5.10 Å². The monoisotopic (exact) mass is 340 g/mol. The molecule has 108 valence electrons. The molecule has 0 amide bonds. The van der Waals surface area contributed by atoms with Gasteiger partial charge in [0.15, 0.2) is 0 Å². The Morgan fingerprint density at radius 1 is 1.00 bits per heavy atom. The number of nitrogens with two attached hydrogens (primary N) is 2. The second-order valence-electron chi connectivity index (χ2n) is 4.59. The fraction of sp³-hybridized carbons (Fsp3) is 0.0714. The highest BCUT2D eigenvalue weighted by Gasteiger charge is 2.38. The average molecular weight is 342 g/mol. The lowest BCUT2D eigenvalue weighted by Crippen LogP contribution is -2.38. The number of fused-ring (bicyclic) bond motifs is 1. The van der Waals surface area contributed by atoms with Crippen LogP contribution in [0.2, 0.25) is 15.1 Å². The zero-order valence-electron chi connectivity index (χ0n) is 10.7. The molecule has 3 rings (SSSR count). The summed E-state index contributed by atoms with van der Waals surface area (Å²) in [6, 6.07) is 10.8. The average Bonchev–Trinajstić information content (AvgIpc) is 2.45. The number of halogens is 3. The molecule has 0 saturated heterocycles. The van der Waals surface area contributed by atoms with Crippen LogP contribution in [0.4, 0.5) is 5.69 Å². The zero-order chi connectivity index (χ0) is 15.1. The van der Waals surface area contributed by atoms with E-state index in [9.17, 15) is 0 Å². The van der Waals surface area contributed by atoms with E-state index in [-0.39, 0.29) is 12.0 Å². The van der Waals surface area contributed by atoms with E-state index in [2.05, 4.69) is 5.10 Å². The summed E-state index contributed by atoms with van der Waals surface area (Å²) in [5.41, 5.74) is 13.6. The smallest absolute Gasteiger partial charge is 0.209 e. The van der Waals surface area contributed by atoms with Crippen LogP contribution < -0.4 is 16.5 Å². The zero-order valence-corrected chi connectivity index (χ0v) is 13.0. The van der Waals surface area contributed by atoms with Gasteiger partial charge in [-0.3, -0.25) is 0 Å². The van der Waals surface area contributed by atoms with Gasteiger partial charge in [-0.2, -0.15) is 0 Å². The number of hydrogen-bond acceptors (Lipinski definition) is 2. The lowest BCUT2D eigenvalue weighted by Gasteiger charge is -2.41. The SMILES string of the molecule is NC(N)=NN1c2ccccc2C1c1c(Cl)ccc(Cl)c1Cl. The van der Waals surface area contributed by atoms with Gasteiger partial charge < -0.3 is 11.5 Å². The molecule has 4 nitrogen and oxygen atoms in total. The summed E-state index contributed by atoms with van der Waals surface area (Å²) in [5, 5.41) is 7.18. The summed E-state index contributed by atoms with van der Waals surface area (Å²) < 4.78 is 0. The molecule has 1 atom stereocenters. The summed E-state index contributed by atoms with van der Waals surface area (Å²) in [6.07, 6.45) is 0. The Hall–Kier alpha value is -1.62. The van der Waals surface area contributed by atoms with Crippen molar-refractivity contribution in [3.8, 4) is 0 Å². The van der Waals surface area contributed by atoms with Crippen molar-refractivity contribution in [2.24, 2.45) is 16.6 Å². The molecular formula is C14H11Cl3N4. The molecule has 2 aromatic carbocycles. The third kappa shape index (κ3) is 2.29. The van der Waals surface area contributed by atoms with Gasteiger partial charge in [0.25, 0.3) is 0 Å². The maximum atomic E-state index is 6.32. The first-order chi connectivity index (χ1) is 10.0. The van der Waals surface area contributed by atoms with Crippen LogP contribution in [0.5, 0.6) is 0 Å². The molecule has 0 bridgehead atoms. The summed E-state index contributed by atoms with van der Waals surface area (Å²) >= 11 is 18.7. The predicted molar refractivity (Wildman–Crippen MR) is 88.0 cm³/mol. The van der Waals surface area contributed by atoms with Crippen molar-refractivity contribution in [3.05, 3.63) is 62.6 Å². The molecule has 1 aliphatic rings. The third-order valence-corrected chi connectivity index (χ3v) is 4.45. The summed E-state index contributed by atoms with van der Waals surface area (Å²) in [5.74, 6) is -0.0382. The molecule has 7 heteroatoms. The van der Waals surface area contributed by atoms with Crippen LogP contribution in [0, 0.1) is 0 Å². The van der Waals surface area contributed by atoms with E-state index < -0.39 is 0 Å². The molecule has 0 radical (unpaired) electrons. The minimum atomic E-state index is -0.262. The van der Waals surface area contributed by atoms with Gasteiger partial charge in [0.1, 0.15) is 6.04 Å². The minimum absolute atomic E-state index is 0.0382. The van der Waals surface area contributed by atoms with Crippen molar-refractivity contribution in [1.82, 2.24) is 0 Å². The Morgan fingerprint density at radius 2 is 1.67 bits per heavy atom. The van der Waals surface area contributed by atoms with E-state index in [1.807, 2.05) is 24.3 Å². The fourth-order valence-electron chi connectivity index (χ4n) is 2.44. The molecule has 1 aliphatic heterocycles. The van der Waals surface area contributed by atoms with Gasteiger partial charge in [-0.1, -0.05) is 53.0 Å². The van der Waals surface area contributed by atoms with Gasteiger partial charge in [0.05, 0.1) is 15.7 Å². The summed E-state index contributed by atoms with van der Waals surface area (Å²) in [6.45, 7) is 0. The molecule has 1 heterocycles. The number of para-hydroxylation sites is 1. The fourth-order valence-corrected chi connectivity index (χ4v) is 3.18. The lowest BCUT2D eigenvalue weighted by molar-refractivity contribution is 0.668. The Balaban J connectivity index is 2.18. The van der Waals surface area contributed by atoms with Crippen LogP contribution in [-0.4, -0.2) is 5.96 Å². The van der Waals surface area contributed by atoms with E-state index in [0.29, 0.717) is 20.6 Å². The van der Waals surface area contributed by atoms with Crippen LogP contribution in [0.25, 0.3) is 0 Å².